The average Bonchev–Trinajstić information content (AvgIpc) is 0.692. The van der Waals surface area contributed by atoms with Gasteiger partial charge in [0.25, 0.3) is 0 Å². The fourth-order valence-corrected chi connectivity index (χ4v) is 22.3. The molecular weight excluding hydrogens is 1500 g/mol. The molecule has 23 rings (SSSR count). The van der Waals surface area contributed by atoms with E-state index in [0.717, 1.165) is 39.3 Å². The highest BCUT2D eigenvalue weighted by Crippen LogP contribution is 2.66. The van der Waals surface area contributed by atoms with Crippen LogP contribution in [-0.2, 0) is 32.5 Å². The van der Waals surface area contributed by atoms with E-state index < -0.39 is 0 Å². The molecule has 0 spiro atoms. The van der Waals surface area contributed by atoms with Crippen LogP contribution in [0.3, 0.4) is 0 Å². The number of para-hydroxylation sites is 4. The van der Waals surface area contributed by atoms with Crippen molar-refractivity contribution in [1.29, 1.82) is 0 Å². The Morgan fingerprint density at radius 1 is 0.145 bits per heavy atom. The minimum Gasteiger partial charge on any atom is -0.311 e. The van der Waals surface area contributed by atoms with E-state index in [1.165, 1.54) is 185 Å². The molecule has 6 aliphatic heterocycles. The van der Waals surface area contributed by atoms with Gasteiger partial charge in [0, 0.05) is 49.6 Å². The summed E-state index contributed by atoms with van der Waals surface area (Å²) in [7, 11) is 0. The summed E-state index contributed by atoms with van der Waals surface area (Å²) in [5.74, 6) is 0. The Morgan fingerprint density at radius 3 is 0.556 bits per heavy atom. The number of rotatable bonds is 11. The van der Waals surface area contributed by atoms with Gasteiger partial charge in [-0.3, -0.25) is 0 Å². The molecule has 124 heavy (non-hydrogen) atoms. The molecule has 0 atom stereocenters. The standard InChI is InChI=1S/C120H98N4/c1-115(2)94-31-19-23-35-106(94)122-107-36-24-20-32-95(107)116(3,4)101-70-88(69-100(115)112(101)122)83-45-39-77(40-46-83)80-51-59-91(60-52-80)121(92-61-53-81(54-62-92)78-41-47-84(48-42-78)89-71-102-113-103(72-89)118(7,8)97-34-22-26-38-109(97)123(113)108-37-25-21-33-96(108)117(102,5)6)93-63-55-82(56-64-93)79-43-49-85(50-44-79)90-73-104-114-105(74-90)120(11,12)99-68-87(76-29-17-14-18-30-76)58-66-111(99)124(114)110-65-57-86(67-98(110)119(104,9)10)75-27-15-13-16-28-75/h13-74H,1-12H3. The van der Waals surface area contributed by atoms with Gasteiger partial charge in [0.15, 0.2) is 0 Å². The molecule has 0 bridgehead atoms. The van der Waals surface area contributed by atoms with Gasteiger partial charge >= 0.3 is 0 Å². The van der Waals surface area contributed by atoms with Crippen LogP contribution >= 0.6 is 0 Å². The molecule has 4 nitrogen and oxygen atoms in total. The molecule has 0 unspecified atom stereocenters. The van der Waals surface area contributed by atoms with Crippen molar-refractivity contribution in [1.82, 2.24) is 0 Å². The van der Waals surface area contributed by atoms with E-state index in [0.29, 0.717) is 0 Å². The zero-order chi connectivity index (χ0) is 84.2. The first-order valence-corrected chi connectivity index (χ1v) is 44.2. The Bertz CT molecular complexity index is 6680. The van der Waals surface area contributed by atoms with Crippen molar-refractivity contribution in [3.63, 3.8) is 0 Å². The molecule has 4 heteroatoms. The van der Waals surface area contributed by atoms with Crippen LogP contribution in [0.2, 0.25) is 0 Å². The Kier molecular flexibility index (Phi) is 16.5. The number of hydrogen-bond donors (Lipinski definition) is 0. The molecule has 6 heterocycles. The maximum atomic E-state index is 2.59. The summed E-state index contributed by atoms with van der Waals surface area (Å²) in [6.07, 6.45) is 0. The van der Waals surface area contributed by atoms with E-state index in [4.69, 9.17) is 0 Å². The highest BCUT2D eigenvalue weighted by atomic mass is 15.2. The normalized spacial score (nSPS) is 15.8. The van der Waals surface area contributed by atoms with Crippen molar-refractivity contribution in [3.8, 4) is 89.0 Å². The smallest absolute Gasteiger partial charge is 0.0544 e. The first-order chi connectivity index (χ1) is 60.0. The van der Waals surface area contributed by atoms with E-state index in [1.54, 1.807) is 0 Å². The molecule has 17 aromatic rings. The molecule has 598 valence electrons. The fraction of sp³-hybridized carbons (Fsp3) is 0.150. The topological polar surface area (TPSA) is 13.0 Å². The molecule has 0 radical (unpaired) electrons. The minimum atomic E-state index is -0.321. The van der Waals surface area contributed by atoms with Gasteiger partial charge in [0.2, 0.25) is 0 Å². The summed E-state index contributed by atoms with van der Waals surface area (Å²) in [5, 5.41) is 0. The number of anilines is 12. The molecule has 0 N–H and O–H groups in total. The Balaban J connectivity index is 0.583. The summed E-state index contributed by atoms with van der Waals surface area (Å²) < 4.78 is 0. The van der Waals surface area contributed by atoms with Crippen molar-refractivity contribution in [2.45, 2.75) is 116 Å². The third-order valence-corrected chi connectivity index (χ3v) is 29.4. The Labute approximate surface area is 730 Å². The Morgan fingerprint density at radius 2 is 0.315 bits per heavy atom. The summed E-state index contributed by atoms with van der Waals surface area (Å²) >= 11 is 0. The third-order valence-electron chi connectivity index (χ3n) is 29.4. The van der Waals surface area contributed by atoms with Crippen LogP contribution in [-0.4, -0.2) is 0 Å². The van der Waals surface area contributed by atoms with Crippen molar-refractivity contribution in [2.75, 3.05) is 19.6 Å². The zero-order valence-electron chi connectivity index (χ0n) is 72.6. The minimum absolute atomic E-state index is 0.217. The number of nitrogens with zero attached hydrogens (tertiary/aromatic N) is 4. The van der Waals surface area contributed by atoms with Gasteiger partial charge in [-0.05, 0) is 277 Å². The monoisotopic (exact) mass is 1590 g/mol. The molecule has 17 aromatic carbocycles. The average molecular weight is 1600 g/mol. The first kappa shape index (κ1) is 75.0. The third kappa shape index (κ3) is 11.2. The number of benzene rings is 17. The van der Waals surface area contributed by atoms with Crippen LogP contribution < -0.4 is 19.6 Å². The van der Waals surface area contributed by atoms with Crippen LogP contribution in [0.1, 0.15) is 150 Å². The SMILES string of the molecule is CC1(C)c2ccccc2N2c3ccccc3C(C)(C)c3cc(-c4ccc(-c5ccc(N(c6ccc(-c7ccc(-c8cc9c%10c(c8)C(C)(C)c8ccccc8N%10c8ccccc8C9(C)C)cc7)cc6)c6ccc(-c7ccc(-c8cc9c%10c(c8)C(C)(C)c8cc(-c%11ccccc%11)ccc8N%10c8ccc(-c%10ccccc%10)cc8C9(C)C)cc7)cc6)cc5)cc4)cc1c32. The van der Waals surface area contributed by atoms with E-state index in [2.05, 4.69) is 479 Å². The molecule has 0 saturated heterocycles. The summed E-state index contributed by atoms with van der Waals surface area (Å²) in [5.41, 5.74) is 48.6. The van der Waals surface area contributed by atoms with Crippen LogP contribution in [0.4, 0.5) is 68.2 Å². The van der Waals surface area contributed by atoms with Crippen LogP contribution in [0.5, 0.6) is 0 Å². The maximum absolute atomic E-state index is 2.59. The fourth-order valence-electron chi connectivity index (χ4n) is 22.3. The number of fused-ring (bicyclic) bond motifs is 12. The van der Waals surface area contributed by atoms with Gasteiger partial charge < -0.3 is 19.6 Å². The lowest BCUT2D eigenvalue weighted by molar-refractivity contribution is 0.597. The molecule has 0 fully saturated rings. The molecule has 6 aliphatic rings. The summed E-state index contributed by atoms with van der Waals surface area (Å²) in [6, 6.07) is 142. The quantitative estimate of drug-likeness (QED) is 0.128. The predicted molar refractivity (Wildman–Crippen MR) is 521 cm³/mol. The van der Waals surface area contributed by atoms with Gasteiger partial charge in [-0.2, -0.15) is 0 Å². The van der Waals surface area contributed by atoms with Crippen LogP contribution in [0.15, 0.2) is 376 Å². The molecule has 0 aliphatic carbocycles. The second-order valence-corrected chi connectivity index (χ2v) is 38.5. The second kappa shape index (κ2) is 27.2. The summed E-state index contributed by atoms with van der Waals surface area (Å²) in [6.45, 7) is 29.0. The van der Waals surface area contributed by atoms with E-state index in [-0.39, 0.29) is 32.5 Å². The van der Waals surface area contributed by atoms with Gasteiger partial charge in [0.1, 0.15) is 0 Å². The van der Waals surface area contributed by atoms with Crippen molar-refractivity contribution in [3.05, 3.63) is 443 Å². The molecule has 0 amide bonds. The van der Waals surface area contributed by atoms with Crippen molar-refractivity contribution in [2.24, 2.45) is 0 Å². The molecule has 0 saturated carbocycles. The highest BCUT2D eigenvalue weighted by Gasteiger charge is 2.50. The van der Waals surface area contributed by atoms with Gasteiger partial charge in [-0.1, -0.05) is 338 Å². The second-order valence-electron chi connectivity index (χ2n) is 38.5. The first-order valence-electron chi connectivity index (χ1n) is 44.2. The van der Waals surface area contributed by atoms with Crippen LogP contribution in [0.25, 0.3) is 89.0 Å². The van der Waals surface area contributed by atoms with E-state index in [1.807, 2.05) is 0 Å². The highest BCUT2D eigenvalue weighted by molar-refractivity contribution is 6.00. The lowest BCUT2D eigenvalue weighted by atomic mass is 9.65. The van der Waals surface area contributed by atoms with E-state index >= 15 is 0 Å². The van der Waals surface area contributed by atoms with Crippen molar-refractivity contribution >= 4 is 68.2 Å². The van der Waals surface area contributed by atoms with Crippen LogP contribution in [0, 0.1) is 0 Å². The largest absolute Gasteiger partial charge is 0.311 e. The lowest BCUT2D eigenvalue weighted by Crippen LogP contribution is -2.38. The number of hydrogen-bond acceptors (Lipinski definition) is 4. The predicted octanol–water partition coefficient (Wildman–Crippen LogP) is 32.7. The molecule has 0 aromatic heterocycles. The van der Waals surface area contributed by atoms with E-state index in [9.17, 15) is 0 Å². The zero-order valence-corrected chi connectivity index (χ0v) is 72.6. The van der Waals surface area contributed by atoms with Gasteiger partial charge in [-0.25, -0.2) is 0 Å². The lowest BCUT2D eigenvalue weighted by Gasteiger charge is -2.50. The molecular formula is C120H98N4. The Hall–Kier alpha value is -14.1. The van der Waals surface area contributed by atoms with Gasteiger partial charge in [0.05, 0.1) is 51.2 Å². The van der Waals surface area contributed by atoms with Crippen molar-refractivity contribution < 1.29 is 0 Å². The maximum Gasteiger partial charge on any atom is 0.0544 e. The summed E-state index contributed by atoms with van der Waals surface area (Å²) in [4.78, 5) is 10.1. The van der Waals surface area contributed by atoms with Gasteiger partial charge in [-0.15, -0.1) is 0 Å².